The Morgan fingerprint density at radius 1 is 0.921 bits per heavy atom. The molecule has 4 rings (SSSR count). The predicted octanol–water partition coefficient (Wildman–Crippen LogP) is 5.29. The average molecular weight is 539 g/mol. The summed E-state index contributed by atoms with van der Waals surface area (Å²) in [6.07, 6.45) is 5.49. The van der Waals surface area contributed by atoms with Gasteiger partial charge < -0.3 is 14.5 Å². The summed E-state index contributed by atoms with van der Waals surface area (Å²) in [5.74, 6) is 0.440. The summed E-state index contributed by atoms with van der Waals surface area (Å²) in [5.41, 5.74) is 1.20. The fraction of sp³-hybridized carbons (Fsp3) is 0.379. The van der Waals surface area contributed by atoms with Crippen LogP contribution in [0.4, 0.5) is 0 Å². The number of pyridine rings is 1. The fourth-order valence-electron chi connectivity index (χ4n) is 4.16. The summed E-state index contributed by atoms with van der Waals surface area (Å²) < 4.78 is 38.3. The number of unbranched alkanes of at least 4 members (excludes halogenated alkanes) is 3. The van der Waals surface area contributed by atoms with Crippen LogP contribution in [0.1, 0.15) is 62.7 Å². The molecule has 3 aromatic rings. The number of aromatic amines is 1. The molecule has 1 fully saturated rings. The smallest absolute Gasteiger partial charge is 0.270 e. The number of hydrogen-bond acceptors (Lipinski definition) is 6. The van der Waals surface area contributed by atoms with Crippen LogP contribution in [0.5, 0.6) is 11.5 Å². The van der Waals surface area contributed by atoms with Gasteiger partial charge in [0.15, 0.2) is 0 Å². The van der Waals surface area contributed by atoms with E-state index < -0.39 is 26.7 Å². The van der Waals surface area contributed by atoms with Crippen molar-refractivity contribution in [3.63, 3.8) is 0 Å². The van der Waals surface area contributed by atoms with Gasteiger partial charge >= 0.3 is 0 Å². The molecule has 1 amide bonds. The van der Waals surface area contributed by atoms with E-state index in [4.69, 9.17) is 9.47 Å². The van der Waals surface area contributed by atoms with Crippen LogP contribution in [0.25, 0.3) is 22.4 Å². The van der Waals surface area contributed by atoms with Gasteiger partial charge in [0.2, 0.25) is 10.0 Å². The van der Waals surface area contributed by atoms with Crippen LogP contribution in [-0.4, -0.2) is 37.8 Å². The first-order valence-electron chi connectivity index (χ1n) is 13.1. The minimum Gasteiger partial charge on any atom is -0.494 e. The number of carbonyl (C=O) groups excluding carboxylic acids is 1. The van der Waals surface area contributed by atoms with Crippen LogP contribution in [-0.2, 0) is 10.0 Å². The van der Waals surface area contributed by atoms with Gasteiger partial charge in [-0.25, -0.2) is 13.1 Å². The molecule has 0 bridgehead atoms. The van der Waals surface area contributed by atoms with Gasteiger partial charge in [-0.15, -0.1) is 0 Å². The van der Waals surface area contributed by atoms with E-state index in [1.165, 1.54) is 12.8 Å². The largest absolute Gasteiger partial charge is 0.494 e. The molecule has 0 aliphatic heterocycles. The molecule has 1 heterocycles. The van der Waals surface area contributed by atoms with Gasteiger partial charge in [-0.05, 0) is 79.8 Å². The molecule has 0 spiro atoms. The van der Waals surface area contributed by atoms with Crippen molar-refractivity contribution in [1.82, 2.24) is 9.71 Å². The number of H-pyrrole nitrogens is 1. The first-order valence-corrected chi connectivity index (χ1v) is 14.7. The lowest BCUT2D eigenvalue weighted by Gasteiger charge is -2.13. The molecule has 2 N–H and O–H groups in total. The highest BCUT2D eigenvalue weighted by Gasteiger charge is 2.37. The zero-order valence-electron chi connectivity index (χ0n) is 21.8. The number of hydrogen-bond donors (Lipinski definition) is 2. The Hall–Kier alpha value is -3.59. The third-order valence-electron chi connectivity index (χ3n) is 6.37. The van der Waals surface area contributed by atoms with Crippen LogP contribution < -0.4 is 19.8 Å². The van der Waals surface area contributed by atoms with E-state index in [9.17, 15) is 18.0 Å². The SMILES string of the molecule is CCCCCCOc1ccc(-c2cc(-c3ccc(OCC)cc3)c(C(=O)NS(=O)(=O)C3CC3)c(=O)[nH]2)cc1. The summed E-state index contributed by atoms with van der Waals surface area (Å²) in [6.45, 7) is 5.19. The van der Waals surface area contributed by atoms with E-state index in [1.807, 2.05) is 31.2 Å². The van der Waals surface area contributed by atoms with Crippen molar-refractivity contribution in [2.45, 2.75) is 57.6 Å². The zero-order chi connectivity index (χ0) is 27.1. The molecule has 202 valence electrons. The molecular formula is C29H34N2O6S. The molecule has 38 heavy (non-hydrogen) atoms. The molecule has 1 aliphatic carbocycles. The molecule has 0 unspecified atom stereocenters. The van der Waals surface area contributed by atoms with Gasteiger partial charge in [0.25, 0.3) is 11.5 Å². The maximum atomic E-state index is 13.2. The quantitative estimate of drug-likeness (QED) is 0.286. The highest BCUT2D eigenvalue weighted by Crippen LogP contribution is 2.30. The molecule has 1 saturated carbocycles. The van der Waals surface area contributed by atoms with E-state index in [1.54, 1.807) is 30.3 Å². The summed E-state index contributed by atoms with van der Waals surface area (Å²) in [6, 6.07) is 16.0. The van der Waals surface area contributed by atoms with E-state index >= 15 is 0 Å². The lowest BCUT2D eigenvalue weighted by atomic mass is 9.98. The summed E-state index contributed by atoms with van der Waals surface area (Å²) >= 11 is 0. The van der Waals surface area contributed by atoms with Crippen LogP contribution in [0.3, 0.4) is 0 Å². The van der Waals surface area contributed by atoms with Crippen LogP contribution in [0, 0.1) is 0 Å². The molecule has 1 aromatic heterocycles. The van der Waals surface area contributed by atoms with Crippen molar-refractivity contribution in [1.29, 1.82) is 0 Å². The standard InChI is InChI=1S/C29H34N2O6S/c1-3-5-6-7-18-37-23-14-10-21(11-15-23)26-19-25(20-8-12-22(13-9-20)36-4-2)27(28(32)30-26)29(33)31-38(34,35)24-16-17-24/h8-15,19,24H,3-7,16-18H2,1-2H3,(H,30,32)(H,31,33). The maximum absolute atomic E-state index is 13.2. The number of nitrogens with one attached hydrogen (secondary N) is 2. The maximum Gasteiger partial charge on any atom is 0.270 e. The van der Waals surface area contributed by atoms with Gasteiger partial charge in [-0.2, -0.15) is 0 Å². The molecule has 9 heteroatoms. The van der Waals surface area contributed by atoms with Gasteiger partial charge in [-0.1, -0.05) is 38.3 Å². The van der Waals surface area contributed by atoms with Crippen LogP contribution in [0.2, 0.25) is 0 Å². The van der Waals surface area contributed by atoms with E-state index in [0.717, 1.165) is 24.2 Å². The lowest BCUT2D eigenvalue weighted by molar-refractivity contribution is 0.0980. The van der Waals surface area contributed by atoms with Crippen molar-refractivity contribution in [2.75, 3.05) is 13.2 Å². The molecule has 0 atom stereocenters. The molecule has 8 nitrogen and oxygen atoms in total. The third kappa shape index (κ3) is 6.83. The van der Waals surface area contributed by atoms with E-state index in [0.29, 0.717) is 48.6 Å². The number of benzene rings is 2. The Labute approximate surface area is 223 Å². The normalized spacial score (nSPS) is 13.2. The predicted molar refractivity (Wildman–Crippen MR) is 148 cm³/mol. The summed E-state index contributed by atoms with van der Waals surface area (Å²) in [5, 5.41) is -0.592. The van der Waals surface area contributed by atoms with E-state index in [2.05, 4.69) is 16.6 Å². The second-order valence-corrected chi connectivity index (χ2v) is 11.3. The second-order valence-electron chi connectivity index (χ2n) is 9.37. The fourth-order valence-corrected chi connectivity index (χ4v) is 5.44. The molecular weight excluding hydrogens is 504 g/mol. The van der Waals surface area contributed by atoms with Crippen molar-refractivity contribution >= 4 is 15.9 Å². The Balaban J connectivity index is 1.65. The lowest BCUT2D eigenvalue weighted by Crippen LogP contribution is -2.37. The Kier molecular flexibility index (Phi) is 8.89. The van der Waals surface area contributed by atoms with Crippen LogP contribution >= 0.6 is 0 Å². The summed E-state index contributed by atoms with van der Waals surface area (Å²) in [4.78, 5) is 29.1. The first-order chi connectivity index (χ1) is 18.3. The number of rotatable bonds is 13. The number of aromatic nitrogens is 1. The van der Waals surface area contributed by atoms with Crippen molar-refractivity contribution in [2.24, 2.45) is 0 Å². The number of carbonyl (C=O) groups is 1. The van der Waals surface area contributed by atoms with Crippen molar-refractivity contribution < 1.29 is 22.7 Å². The minimum atomic E-state index is -3.83. The molecule has 1 aliphatic rings. The monoisotopic (exact) mass is 538 g/mol. The third-order valence-corrected chi connectivity index (χ3v) is 8.19. The Morgan fingerprint density at radius 2 is 1.55 bits per heavy atom. The van der Waals surface area contributed by atoms with Gasteiger partial charge in [0.1, 0.15) is 17.1 Å². The number of amides is 1. The van der Waals surface area contributed by atoms with Crippen molar-refractivity contribution in [3.8, 4) is 33.9 Å². The van der Waals surface area contributed by atoms with Gasteiger partial charge in [0.05, 0.1) is 18.5 Å². The molecule has 0 saturated heterocycles. The molecule has 0 radical (unpaired) electrons. The Morgan fingerprint density at radius 3 is 2.16 bits per heavy atom. The van der Waals surface area contributed by atoms with Crippen LogP contribution in [0.15, 0.2) is 59.4 Å². The molecule has 2 aromatic carbocycles. The number of ether oxygens (including phenoxy) is 2. The highest BCUT2D eigenvalue weighted by atomic mass is 32.2. The van der Waals surface area contributed by atoms with E-state index in [-0.39, 0.29) is 5.56 Å². The zero-order valence-corrected chi connectivity index (χ0v) is 22.6. The first kappa shape index (κ1) is 27.4. The number of sulfonamides is 1. The highest BCUT2D eigenvalue weighted by molar-refractivity contribution is 7.91. The summed E-state index contributed by atoms with van der Waals surface area (Å²) in [7, 11) is -3.83. The van der Waals surface area contributed by atoms with Gasteiger partial charge in [-0.3, -0.25) is 9.59 Å². The topological polar surface area (TPSA) is 115 Å². The minimum absolute atomic E-state index is 0.255. The average Bonchev–Trinajstić information content (AvgIpc) is 3.75. The Bertz CT molecular complexity index is 1410. The van der Waals surface area contributed by atoms with Crippen molar-refractivity contribution in [3.05, 3.63) is 70.5 Å². The van der Waals surface area contributed by atoms with Gasteiger partial charge in [0, 0.05) is 11.3 Å². The second kappa shape index (κ2) is 12.3.